The number of unbranched alkanes of at least 4 members (excludes halogenated alkanes) is 2. The Kier molecular flexibility index (Phi) is 11.8. The molecule has 3 aromatic rings. The molecule has 234 valence electrons. The maximum atomic E-state index is 14.1. The molecule has 0 unspecified atom stereocenters. The van der Waals surface area contributed by atoms with E-state index in [2.05, 4.69) is 29.3 Å². The van der Waals surface area contributed by atoms with Crippen molar-refractivity contribution in [1.29, 1.82) is 0 Å². The Morgan fingerprint density at radius 3 is 2.09 bits per heavy atom. The lowest BCUT2D eigenvalue weighted by Gasteiger charge is -2.35. The third-order valence-electron chi connectivity index (χ3n) is 8.14. The second-order valence-electron chi connectivity index (χ2n) is 11.5. The van der Waals surface area contributed by atoms with Crippen LogP contribution in [0.1, 0.15) is 54.0 Å². The summed E-state index contributed by atoms with van der Waals surface area (Å²) in [6.07, 6.45) is 1.87. The van der Waals surface area contributed by atoms with E-state index in [1.54, 1.807) is 11.0 Å². The number of hydrogen-bond acceptors (Lipinski definition) is 3. The van der Waals surface area contributed by atoms with Crippen LogP contribution in [0.4, 0.5) is 13.2 Å². The van der Waals surface area contributed by atoms with Crippen molar-refractivity contribution in [1.82, 2.24) is 15.1 Å². The highest BCUT2D eigenvalue weighted by Crippen LogP contribution is 2.30. The first kappa shape index (κ1) is 33.0. The van der Waals surface area contributed by atoms with Gasteiger partial charge >= 0.3 is 6.18 Å². The smallest absolute Gasteiger partial charge is 0.348 e. The van der Waals surface area contributed by atoms with Gasteiger partial charge in [0, 0.05) is 38.3 Å². The fourth-order valence-electron chi connectivity index (χ4n) is 5.39. The number of amides is 2. The highest BCUT2D eigenvalue weighted by Gasteiger charge is 2.33. The molecule has 44 heavy (non-hydrogen) atoms. The summed E-state index contributed by atoms with van der Waals surface area (Å²) in [6.45, 7) is 4.97. The lowest BCUT2D eigenvalue weighted by Crippen LogP contribution is -2.50. The Morgan fingerprint density at radius 1 is 0.841 bits per heavy atom. The molecule has 8 heteroatoms. The van der Waals surface area contributed by atoms with Gasteiger partial charge in [-0.3, -0.25) is 9.59 Å². The van der Waals surface area contributed by atoms with Crippen molar-refractivity contribution in [2.75, 3.05) is 33.2 Å². The van der Waals surface area contributed by atoms with Gasteiger partial charge in [-0.2, -0.15) is 13.2 Å². The number of nitrogens with zero attached hydrogens (tertiary/aromatic N) is 2. The van der Waals surface area contributed by atoms with Crippen LogP contribution in [0.3, 0.4) is 0 Å². The number of benzene rings is 3. The Balaban J connectivity index is 1.64. The number of hydrogen-bond donors (Lipinski definition) is 1. The summed E-state index contributed by atoms with van der Waals surface area (Å²) < 4.78 is 39.8. The third-order valence-corrected chi connectivity index (χ3v) is 8.14. The van der Waals surface area contributed by atoms with Crippen molar-refractivity contribution in [3.8, 4) is 0 Å². The first-order valence-electron chi connectivity index (χ1n) is 15.4. The number of rotatable bonds is 12. The molecule has 0 spiro atoms. The number of nitrogens with one attached hydrogen (secondary N) is 1. The molecular formula is C36H42F3N3O2. The Bertz CT molecular complexity index is 1380. The minimum absolute atomic E-state index is 0.160. The van der Waals surface area contributed by atoms with E-state index in [-0.39, 0.29) is 18.0 Å². The van der Waals surface area contributed by atoms with Crippen molar-refractivity contribution in [2.24, 2.45) is 5.92 Å². The molecule has 1 fully saturated rings. The zero-order valence-electron chi connectivity index (χ0n) is 25.6. The van der Waals surface area contributed by atoms with Crippen LogP contribution >= 0.6 is 0 Å². The van der Waals surface area contributed by atoms with Gasteiger partial charge in [0.2, 0.25) is 11.8 Å². The van der Waals surface area contributed by atoms with Crippen LogP contribution in [0, 0.1) is 5.92 Å². The molecule has 1 aliphatic rings. The van der Waals surface area contributed by atoms with Gasteiger partial charge in [-0.05, 0) is 66.8 Å². The predicted molar refractivity (Wildman–Crippen MR) is 169 cm³/mol. The molecule has 0 aliphatic carbocycles. The first-order chi connectivity index (χ1) is 21.1. The monoisotopic (exact) mass is 605 g/mol. The lowest BCUT2D eigenvalue weighted by molar-refractivity contribution is -0.138. The standard InChI is InChI=1S/C36H42F3N3O2/c1-3-4-6-9-27-12-14-30(15-13-27)26-40-34(43)32(24-29-16-18-31(19-17-29)36(37,38)39)33(25-28-10-7-5-8-11-28)35(44)42-22-20-41(2)21-23-42/h5,7-8,10-19,24,33H,3-4,6,9,20-23,25-26H2,1-2H3,(H,40,43)/t33-/m0/s1. The molecule has 5 nitrogen and oxygen atoms in total. The van der Waals surface area contributed by atoms with Crippen molar-refractivity contribution in [2.45, 2.75) is 51.7 Å². The Morgan fingerprint density at radius 2 is 1.48 bits per heavy atom. The maximum Gasteiger partial charge on any atom is 0.416 e. The van der Waals surface area contributed by atoms with Gasteiger partial charge in [0.1, 0.15) is 0 Å². The highest BCUT2D eigenvalue weighted by atomic mass is 19.4. The largest absolute Gasteiger partial charge is 0.416 e. The van der Waals surface area contributed by atoms with Crippen LogP contribution in [0.5, 0.6) is 0 Å². The molecule has 0 bridgehead atoms. The van der Waals surface area contributed by atoms with E-state index in [4.69, 9.17) is 0 Å². The first-order valence-corrected chi connectivity index (χ1v) is 15.4. The van der Waals surface area contributed by atoms with Crippen LogP contribution in [-0.4, -0.2) is 54.8 Å². The van der Waals surface area contributed by atoms with Gasteiger partial charge in [0.15, 0.2) is 0 Å². The van der Waals surface area contributed by atoms with Crippen LogP contribution in [0.2, 0.25) is 0 Å². The zero-order valence-corrected chi connectivity index (χ0v) is 25.6. The van der Waals surface area contributed by atoms with Gasteiger partial charge in [-0.1, -0.05) is 86.5 Å². The molecule has 2 amide bonds. The van der Waals surface area contributed by atoms with E-state index in [9.17, 15) is 22.8 Å². The Labute approximate surface area is 258 Å². The number of carbonyl (C=O) groups excluding carboxylic acids is 2. The van der Waals surface area contributed by atoms with Gasteiger partial charge < -0.3 is 15.1 Å². The minimum atomic E-state index is -4.47. The summed E-state index contributed by atoms with van der Waals surface area (Å²) in [5.41, 5.74) is 2.95. The average Bonchev–Trinajstić information content (AvgIpc) is 3.02. The highest BCUT2D eigenvalue weighted by molar-refractivity contribution is 6.04. The minimum Gasteiger partial charge on any atom is -0.348 e. The molecule has 1 atom stereocenters. The Hall–Kier alpha value is -3.91. The number of alkyl halides is 3. The molecule has 1 saturated heterocycles. The van der Waals surface area contributed by atoms with E-state index >= 15 is 0 Å². The SMILES string of the molecule is CCCCCc1ccc(CNC(=O)C(=Cc2ccc(C(F)(F)F)cc2)[C@H](Cc2ccccc2)C(=O)N2CCN(C)CC2)cc1. The van der Waals surface area contributed by atoms with E-state index in [1.807, 2.05) is 49.5 Å². The molecule has 1 N–H and O–H groups in total. The van der Waals surface area contributed by atoms with Gasteiger partial charge in [-0.25, -0.2) is 0 Å². The van der Waals surface area contributed by atoms with Gasteiger partial charge in [0.25, 0.3) is 0 Å². The van der Waals surface area contributed by atoms with Crippen LogP contribution in [0.25, 0.3) is 6.08 Å². The molecule has 0 saturated carbocycles. The number of piperazine rings is 1. The van der Waals surface area contributed by atoms with Crippen molar-refractivity contribution < 1.29 is 22.8 Å². The third kappa shape index (κ3) is 9.55. The molecular weight excluding hydrogens is 563 g/mol. The van der Waals surface area contributed by atoms with Crippen molar-refractivity contribution >= 4 is 17.9 Å². The van der Waals surface area contributed by atoms with E-state index < -0.39 is 23.6 Å². The second-order valence-corrected chi connectivity index (χ2v) is 11.5. The molecule has 0 radical (unpaired) electrons. The van der Waals surface area contributed by atoms with E-state index in [0.29, 0.717) is 25.1 Å². The number of aryl methyl sites for hydroxylation is 1. The fourth-order valence-corrected chi connectivity index (χ4v) is 5.39. The van der Waals surface area contributed by atoms with Crippen molar-refractivity contribution in [3.05, 3.63) is 112 Å². The summed E-state index contributed by atoms with van der Waals surface area (Å²) in [7, 11) is 2.00. The number of halogens is 3. The normalized spacial score (nSPS) is 15.2. The van der Waals surface area contributed by atoms with E-state index in [0.717, 1.165) is 55.6 Å². The lowest BCUT2D eigenvalue weighted by atomic mass is 9.88. The quantitative estimate of drug-likeness (QED) is 0.183. The average molecular weight is 606 g/mol. The van der Waals surface area contributed by atoms with E-state index in [1.165, 1.54) is 24.1 Å². The van der Waals surface area contributed by atoms with Gasteiger partial charge in [0.05, 0.1) is 11.5 Å². The second kappa shape index (κ2) is 15.7. The van der Waals surface area contributed by atoms with Gasteiger partial charge in [-0.15, -0.1) is 0 Å². The molecule has 1 aliphatic heterocycles. The topological polar surface area (TPSA) is 52.7 Å². The van der Waals surface area contributed by atoms with Crippen LogP contribution < -0.4 is 5.32 Å². The fraction of sp³-hybridized carbons (Fsp3) is 0.389. The zero-order chi connectivity index (χ0) is 31.5. The predicted octanol–water partition coefficient (Wildman–Crippen LogP) is 6.77. The van der Waals surface area contributed by atoms with Crippen LogP contribution in [-0.2, 0) is 35.2 Å². The summed E-state index contributed by atoms with van der Waals surface area (Å²) in [6, 6.07) is 22.3. The summed E-state index contributed by atoms with van der Waals surface area (Å²) in [4.78, 5) is 31.9. The maximum absolute atomic E-state index is 14.1. The summed E-state index contributed by atoms with van der Waals surface area (Å²) >= 11 is 0. The van der Waals surface area contributed by atoms with Crippen LogP contribution in [0.15, 0.2) is 84.4 Å². The molecule has 0 aromatic heterocycles. The summed E-state index contributed by atoms with van der Waals surface area (Å²) in [5, 5.41) is 2.99. The molecule has 1 heterocycles. The number of likely N-dealkylation sites (N-methyl/N-ethyl adjacent to an activating group) is 1. The molecule has 3 aromatic carbocycles. The van der Waals surface area contributed by atoms with Crippen molar-refractivity contribution in [3.63, 3.8) is 0 Å². The number of carbonyl (C=O) groups is 2. The summed E-state index contributed by atoms with van der Waals surface area (Å²) in [5.74, 6) is -1.39. The molecule has 4 rings (SSSR count).